The highest BCUT2D eigenvalue weighted by molar-refractivity contribution is 5.67. The Balaban J connectivity index is 1.49. The van der Waals surface area contributed by atoms with Gasteiger partial charge in [0.05, 0.1) is 0 Å². The van der Waals surface area contributed by atoms with Crippen molar-refractivity contribution >= 4 is 11.7 Å². The maximum Gasteiger partial charge on any atom is 0.303 e. The molecule has 2 aromatic rings. The summed E-state index contributed by atoms with van der Waals surface area (Å²) in [6.45, 7) is 1.75. The van der Waals surface area contributed by atoms with Gasteiger partial charge in [0.25, 0.3) is 0 Å². The number of hydrogen-bond acceptors (Lipinski definition) is 4. The fourth-order valence-electron chi connectivity index (χ4n) is 3.58. The van der Waals surface area contributed by atoms with E-state index in [1.54, 1.807) is 6.20 Å². The number of aryl methyl sites for hydroxylation is 1. The normalized spacial score (nSPS) is 16.7. The van der Waals surface area contributed by atoms with Crippen molar-refractivity contribution in [2.24, 2.45) is 0 Å². The van der Waals surface area contributed by atoms with Gasteiger partial charge in [-0.15, -0.1) is 0 Å². The maximum atomic E-state index is 10.8. The van der Waals surface area contributed by atoms with Crippen molar-refractivity contribution in [3.8, 4) is 5.88 Å². The van der Waals surface area contributed by atoms with Crippen LogP contribution in [0.15, 0.2) is 36.5 Å². The molecular weight excluding hydrogens is 328 g/mol. The number of carboxylic acid groups (broad SMARTS) is 1. The van der Waals surface area contributed by atoms with E-state index >= 15 is 0 Å². The van der Waals surface area contributed by atoms with Crippen LogP contribution in [0.1, 0.15) is 42.4 Å². The van der Waals surface area contributed by atoms with E-state index < -0.39 is 5.97 Å². The number of fused-ring (bicyclic) bond motifs is 1. The molecule has 0 unspecified atom stereocenters. The van der Waals surface area contributed by atoms with Gasteiger partial charge in [-0.25, -0.2) is 4.98 Å². The summed E-state index contributed by atoms with van der Waals surface area (Å²) in [5, 5.41) is 8.86. The molecule has 26 heavy (non-hydrogen) atoms. The summed E-state index contributed by atoms with van der Waals surface area (Å²) in [5.41, 5.74) is 4.80. The molecule has 2 heterocycles. The summed E-state index contributed by atoms with van der Waals surface area (Å²) in [7, 11) is 0. The number of anilines is 1. The van der Waals surface area contributed by atoms with Crippen molar-refractivity contribution in [3.05, 3.63) is 53.2 Å². The molecule has 0 bridgehead atoms. The van der Waals surface area contributed by atoms with Crippen molar-refractivity contribution in [2.45, 2.75) is 51.2 Å². The Labute approximate surface area is 153 Å². The van der Waals surface area contributed by atoms with E-state index in [4.69, 9.17) is 9.84 Å². The third-order valence-electron chi connectivity index (χ3n) is 5.33. The van der Waals surface area contributed by atoms with E-state index in [1.807, 2.05) is 6.07 Å². The third kappa shape index (κ3) is 3.66. The number of carbonyl (C=O) groups is 1. The second-order valence-electron chi connectivity index (χ2n) is 7.17. The number of aromatic nitrogens is 1. The summed E-state index contributed by atoms with van der Waals surface area (Å²) in [5.74, 6) is 0.00296. The fraction of sp³-hybridized carbons (Fsp3) is 0.429. The number of aliphatic carboxylic acids is 1. The van der Waals surface area contributed by atoms with E-state index in [0.717, 1.165) is 49.5 Å². The maximum absolute atomic E-state index is 10.8. The molecule has 5 heteroatoms. The minimum Gasteiger partial charge on any atom is -0.481 e. The molecule has 0 atom stereocenters. The highest BCUT2D eigenvalue weighted by Gasteiger charge is 2.24. The smallest absolute Gasteiger partial charge is 0.303 e. The van der Waals surface area contributed by atoms with Crippen LogP contribution >= 0.6 is 0 Å². The Kier molecular flexibility index (Phi) is 4.78. The molecule has 1 fully saturated rings. The van der Waals surface area contributed by atoms with Crippen molar-refractivity contribution in [1.82, 2.24) is 4.98 Å². The number of hydrogen-bond donors (Lipinski definition) is 1. The Morgan fingerprint density at radius 1 is 1.27 bits per heavy atom. The van der Waals surface area contributed by atoms with Crippen LogP contribution in [0.3, 0.4) is 0 Å². The molecule has 1 N–H and O–H groups in total. The minimum absolute atomic E-state index is 0.183. The van der Waals surface area contributed by atoms with Gasteiger partial charge in [0.15, 0.2) is 0 Å². The van der Waals surface area contributed by atoms with Crippen LogP contribution in [-0.4, -0.2) is 28.7 Å². The first-order chi connectivity index (χ1) is 12.7. The van der Waals surface area contributed by atoms with Crippen LogP contribution in [0.25, 0.3) is 0 Å². The molecule has 2 aliphatic rings. The number of rotatable bonds is 6. The Morgan fingerprint density at radius 2 is 2.15 bits per heavy atom. The van der Waals surface area contributed by atoms with Crippen molar-refractivity contribution in [3.63, 3.8) is 0 Å². The van der Waals surface area contributed by atoms with Gasteiger partial charge in [-0.3, -0.25) is 4.79 Å². The van der Waals surface area contributed by atoms with Crippen LogP contribution in [0.5, 0.6) is 5.88 Å². The summed E-state index contributed by atoms with van der Waals surface area (Å²) in [6.07, 6.45) is 7.33. The molecule has 1 saturated carbocycles. The molecule has 136 valence electrons. The Morgan fingerprint density at radius 3 is 2.92 bits per heavy atom. The molecule has 0 saturated heterocycles. The minimum atomic E-state index is -0.746. The number of ether oxygens (including phenoxy) is 1. The van der Waals surface area contributed by atoms with E-state index in [1.165, 1.54) is 17.5 Å². The van der Waals surface area contributed by atoms with Gasteiger partial charge < -0.3 is 14.7 Å². The Bertz CT molecular complexity index is 802. The molecular formula is C21H24N2O3. The quantitative estimate of drug-likeness (QED) is 0.861. The lowest BCUT2D eigenvalue weighted by Crippen LogP contribution is -2.32. The van der Waals surface area contributed by atoms with Gasteiger partial charge >= 0.3 is 5.97 Å². The first-order valence-corrected chi connectivity index (χ1v) is 9.38. The average molecular weight is 352 g/mol. The largest absolute Gasteiger partial charge is 0.481 e. The summed E-state index contributed by atoms with van der Waals surface area (Å²) in [4.78, 5) is 17.6. The summed E-state index contributed by atoms with van der Waals surface area (Å²) < 4.78 is 6.09. The lowest BCUT2D eigenvalue weighted by Gasteiger charge is -2.33. The molecule has 4 rings (SSSR count). The Hall–Kier alpha value is -2.56. The number of benzene rings is 1. The molecule has 1 aromatic heterocycles. The standard InChI is InChI=1S/C21H24N2O3/c24-20(25)9-7-15-6-8-17-14-23(12-10-16(17)13-15)19-5-2-11-22-21(19)26-18-3-1-4-18/h2,5-6,8,11,13,18H,1,3-4,7,9-10,12,14H2,(H,24,25). The van der Waals surface area contributed by atoms with Crippen LogP contribution in [0.4, 0.5) is 5.69 Å². The number of pyridine rings is 1. The van der Waals surface area contributed by atoms with Gasteiger partial charge in [0, 0.05) is 25.7 Å². The summed E-state index contributed by atoms with van der Waals surface area (Å²) in [6, 6.07) is 10.4. The highest BCUT2D eigenvalue weighted by Crippen LogP contribution is 2.33. The van der Waals surface area contributed by atoms with Crippen molar-refractivity contribution < 1.29 is 14.6 Å². The van der Waals surface area contributed by atoms with E-state index in [2.05, 4.69) is 34.1 Å². The molecule has 1 aromatic carbocycles. The lowest BCUT2D eigenvalue weighted by atomic mass is 9.95. The first-order valence-electron chi connectivity index (χ1n) is 9.38. The van der Waals surface area contributed by atoms with Gasteiger partial charge in [-0.05, 0) is 60.9 Å². The van der Waals surface area contributed by atoms with Crippen LogP contribution in [0.2, 0.25) is 0 Å². The topological polar surface area (TPSA) is 62.7 Å². The highest BCUT2D eigenvalue weighted by atomic mass is 16.5. The molecule has 5 nitrogen and oxygen atoms in total. The summed E-state index contributed by atoms with van der Waals surface area (Å²) >= 11 is 0. The average Bonchev–Trinajstić information content (AvgIpc) is 2.63. The molecule has 0 spiro atoms. The van der Waals surface area contributed by atoms with Crippen LogP contribution in [0, 0.1) is 0 Å². The molecule has 0 amide bonds. The second kappa shape index (κ2) is 7.36. The van der Waals surface area contributed by atoms with Crippen molar-refractivity contribution in [1.29, 1.82) is 0 Å². The molecule has 1 aliphatic carbocycles. The third-order valence-corrected chi connectivity index (χ3v) is 5.33. The van der Waals surface area contributed by atoms with Gasteiger partial charge in [0.1, 0.15) is 11.8 Å². The van der Waals surface area contributed by atoms with Crippen molar-refractivity contribution in [2.75, 3.05) is 11.4 Å². The van der Waals surface area contributed by atoms with Gasteiger partial charge in [0.2, 0.25) is 5.88 Å². The zero-order chi connectivity index (χ0) is 17.9. The van der Waals surface area contributed by atoms with Gasteiger partial charge in [-0.1, -0.05) is 18.2 Å². The van der Waals surface area contributed by atoms with Crippen LogP contribution < -0.4 is 9.64 Å². The molecule has 0 radical (unpaired) electrons. The lowest BCUT2D eigenvalue weighted by molar-refractivity contribution is -0.136. The first kappa shape index (κ1) is 16.9. The van der Waals surface area contributed by atoms with Crippen LogP contribution in [-0.2, 0) is 24.2 Å². The number of carboxylic acids is 1. The zero-order valence-electron chi connectivity index (χ0n) is 14.9. The zero-order valence-corrected chi connectivity index (χ0v) is 14.9. The monoisotopic (exact) mass is 352 g/mol. The predicted molar refractivity (Wildman–Crippen MR) is 99.7 cm³/mol. The SMILES string of the molecule is O=C(O)CCc1ccc2c(c1)CCN(c1cccnc1OC1CCC1)C2. The van der Waals surface area contributed by atoms with E-state index in [0.29, 0.717) is 12.5 Å². The van der Waals surface area contributed by atoms with Gasteiger partial charge in [-0.2, -0.15) is 0 Å². The number of nitrogens with zero attached hydrogens (tertiary/aromatic N) is 2. The fourth-order valence-corrected chi connectivity index (χ4v) is 3.58. The predicted octanol–water partition coefficient (Wildman–Crippen LogP) is 3.59. The van der Waals surface area contributed by atoms with E-state index in [9.17, 15) is 4.79 Å². The van der Waals surface area contributed by atoms with E-state index in [-0.39, 0.29) is 6.42 Å². The second-order valence-corrected chi connectivity index (χ2v) is 7.17. The molecule has 1 aliphatic heterocycles.